The second kappa shape index (κ2) is 6.44. The van der Waals surface area contributed by atoms with Gasteiger partial charge in [-0.3, -0.25) is 4.40 Å². The fourth-order valence-electron chi connectivity index (χ4n) is 1.66. The Morgan fingerprint density at radius 2 is 2.16 bits per heavy atom. The molecule has 2 heterocycles. The van der Waals surface area contributed by atoms with Crippen molar-refractivity contribution >= 4 is 11.5 Å². The molecule has 2 aromatic heterocycles. The number of aryl methyl sites for hydroxylation is 1. The molecule has 0 atom stereocenters. The van der Waals surface area contributed by atoms with E-state index < -0.39 is 0 Å². The first kappa shape index (κ1) is 13.7. The summed E-state index contributed by atoms with van der Waals surface area (Å²) in [4.78, 5) is 6.36. The quantitative estimate of drug-likeness (QED) is 0.731. The standard InChI is InChI=1S/C12H20N6O/c1-10-15-16-12-11(13-4-6-18(10)12)14-5-8-19-9-7-17(2)3/h4,6H,5,7-9H2,1-3H3,(H,13,14). The van der Waals surface area contributed by atoms with E-state index >= 15 is 0 Å². The van der Waals surface area contributed by atoms with Crippen molar-refractivity contribution in [2.24, 2.45) is 0 Å². The number of nitrogens with one attached hydrogen (secondary N) is 1. The van der Waals surface area contributed by atoms with Gasteiger partial charge in [0.05, 0.1) is 13.2 Å². The van der Waals surface area contributed by atoms with E-state index in [4.69, 9.17) is 4.74 Å². The summed E-state index contributed by atoms with van der Waals surface area (Å²) in [5.74, 6) is 1.59. The number of ether oxygens (including phenoxy) is 1. The minimum absolute atomic E-state index is 0.643. The number of likely N-dealkylation sites (N-methyl/N-ethyl adjacent to an activating group) is 1. The van der Waals surface area contributed by atoms with Gasteiger partial charge in [0.25, 0.3) is 0 Å². The highest BCUT2D eigenvalue weighted by Gasteiger charge is 2.06. The van der Waals surface area contributed by atoms with Gasteiger partial charge in [-0.15, -0.1) is 10.2 Å². The Morgan fingerprint density at radius 3 is 2.95 bits per heavy atom. The Labute approximate surface area is 112 Å². The molecule has 7 heteroatoms. The minimum atomic E-state index is 0.643. The van der Waals surface area contributed by atoms with Crippen LogP contribution in [-0.4, -0.2) is 64.9 Å². The summed E-state index contributed by atoms with van der Waals surface area (Å²) >= 11 is 0. The fourth-order valence-corrected chi connectivity index (χ4v) is 1.66. The maximum absolute atomic E-state index is 5.51. The molecule has 0 saturated carbocycles. The van der Waals surface area contributed by atoms with Crippen molar-refractivity contribution in [3.63, 3.8) is 0 Å². The van der Waals surface area contributed by atoms with Crippen LogP contribution in [0.1, 0.15) is 5.82 Å². The number of hydrogen-bond acceptors (Lipinski definition) is 6. The first-order valence-electron chi connectivity index (χ1n) is 6.31. The van der Waals surface area contributed by atoms with E-state index in [0.29, 0.717) is 13.2 Å². The Bertz CT molecular complexity index is 524. The molecule has 104 valence electrons. The maximum atomic E-state index is 5.51. The molecule has 0 aliphatic rings. The summed E-state index contributed by atoms with van der Waals surface area (Å²) in [6.07, 6.45) is 3.59. The normalized spacial score (nSPS) is 11.4. The van der Waals surface area contributed by atoms with Crippen molar-refractivity contribution in [1.82, 2.24) is 24.5 Å². The summed E-state index contributed by atoms with van der Waals surface area (Å²) in [6.45, 7) is 4.91. The number of anilines is 1. The van der Waals surface area contributed by atoms with Crippen LogP contribution in [0.25, 0.3) is 5.65 Å². The van der Waals surface area contributed by atoms with Crippen molar-refractivity contribution in [2.75, 3.05) is 45.7 Å². The molecule has 0 aromatic carbocycles. The monoisotopic (exact) mass is 264 g/mol. The molecule has 0 bridgehead atoms. The Hall–Kier alpha value is -1.73. The molecule has 0 aliphatic heterocycles. The molecular formula is C12H20N6O. The van der Waals surface area contributed by atoms with Crippen molar-refractivity contribution in [2.45, 2.75) is 6.92 Å². The lowest BCUT2D eigenvalue weighted by Crippen LogP contribution is -2.20. The molecule has 7 nitrogen and oxygen atoms in total. The molecule has 2 aromatic rings. The van der Waals surface area contributed by atoms with Gasteiger partial charge in [0.15, 0.2) is 5.82 Å². The van der Waals surface area contributed by atoms with E-state index in [1.165, 1.54) is 0 Å². The second-order valence-corrected chi connectivity index (χ2v) is 4.56. The van der Waals surface area contributed by atoms with E-state index in [1.807, 2.05) is 31.6 Å². The average Bonchev–Trinajstić information content (AvgIpc) is 2.76. The molecular weight excluding hydrogens is 244 g/mol. The van der Waals surface area contributed by atoms with Gasteiger partial charge in [-0.05, 0) is 21.0 Å². The topological polar surface area (TPSA) is 67.6 Å². The molecule has 0 spiro atoms. The lowest BCUT2D eigenvalue weighted by molar-refractivity contribution is 0.126. The summed E-state index contributed by atoms with van der Waals surface area (Å²) < 4.78 is 7.41. The third-order valence-electron chi connectivity index (χ3n) is 2.72. The first-order chi connectivity index (χ1) is 9.18. The molecule has 0 aliphatic carbocycles. The van der Waals surface area contributed by atoms with E-state index in [1.54, 1.807) is 6.20 Å². The minimum Gasteiger partial charge on any atom is -0.378 e. The number of fused-ring (bicyclic) bond motifs is 1. The molecule has 0 saturated heterocycles. The number of rotatable bonds is 7. The van der Waals surface area contributed by atoms with Crippen LogP contribution in [-0.2, 0) is 4.74 Å². The van der Waals surface area contributed by atoms with E-state index in [2.05, 4.69) is 25.4 Å². The average molecular weight is 264 g/mol. The van der Waals surface area contributed by atoms with Gasteiger partial charge in [-0.25, -0.2) is 4.98 Å². The van der Waals surface area contributed by atoms with Crippen LogP contribution in [0.2, 0.25) is 0 Å². The summed E-state index contributed by atoms with van der Waals surface area (Å²) in [6, 6.07) is 0. The highest BCUT2D eigenvalue weighted by molar-refractivity contribution is 5.61. The highest BCUT2D eigenvalue weighted by Crippen LogP contribution is 2.11. The summed E-state index contributed by atoms with van der Waals surface area (Å²) in [7, 11) is 4.06. The molecule has 2 rings (SSSR count). The van der Waals surface area contributed by atoms with Crippen LogP contribution in [0.5, 0.6) is 0 Å². The fraction of sp³-hybridized carbons (Fsp3) is 0.583. The molecule has 0 amide bonds. The molecule has 0 fully saturated rings. The predicted molar refractivity (Wildman–Crippen MR) is 73.4 cm³/mol. The van der Waals surface area contributed by atoms with E-state index in [-0.39, 0.29) is 0 Å². The van der Waals surface area contributed by atoms with Gasteiger partial charge in [0.1, 0.15) is 5.82 Å². The number of aromatic nitrogens is 4. The summed E-state index contributed by atoms with van der Waals surface area (Å²) in [5, 5.41) is 11.3. The van der Waals surface area contributed by atoms with Gasteiger partial charge in [-0.2, -0.15) is 0 Å². The van der Waals surface area contributed by atoms with Gasteiger partial charge >= 0.3 is 0 Å². The lowest BCUT2D eigenvalue weighted by atomic mass is 10.5. The molecule has 0 unspecified atom stereocenters. The molecule has 1 N–H and O–H groups in total. The van der Waals surface area contributed by atoms with Crippen LogP contribution >= 0.6 is 0 Å². The van der Waals surface area contributed by atoms with Crippen LogP contribution < -0.4 is 5.32 Å². The Morgan fingerprint density at radius 1 is 1.32 bits per heavy atom. The van der Waals surface area contributed by atoms with Crippen LogP contribution in [0.3, 0.4) is 0 Å². The number of nitrogens with zero attached hydrogens (tertiary/aromatic N) is 5. The zero-order valence-corrected chi connectivity index (χ0v) is 11.6. The van der Waals surface area contributed by atoms with Crippen molar-refractivity contribution in [1.29, 1.82) is 0 Å². The van der Waals surface area contributed by atoms with Gasteiger partial charge in [0.2, 0.25) is 5.65 Å². The van der Waals surface area contributed by atoms with E-state index in [9.17, 15) is 0 Å². The smallest absolute Gasteiger partial charge is 0.203 e. The van der Waals surface area contributed by atoms with Crippen molar-refractivity contribution in [3.05, 3.63) is 18.2 Å². The zero-order valence-electron chi connectivity index (χ0n) is 11.6. The second-order valence-electron chi connectivity index (χ2n) is 4.56. The third kappa shape index (κ3) is 3.62. The molecule has 19 heavy (non-hydrogen) atoms. The van der Waals surface area contributed by atoms with Gasteiger partial charge < -0.3 is 15.0 Å². The Kier molecular flexibility index (Phi) is 4.64. The van der Waals surface area contributed by atoms with E-state index in [0.717, 1.165) is 30.4 Å². The van der Waals surface area contributed by atoms with Gasteiger partial charge in [0, 0.05) is 25.5 Å². The largest absolute Gasteiger partial charge is 0.378 e. The van der Waals surface area contributed by atoms with Crippen molar-refractivity contribution in [3.8, 4) is 0 Å². The number of hydrogen-bond donors (Lipinski definition) is 1. The zero-order chi connectivity index (χ0) is 13.7. The molecule has 0 radical (unpaired) electrons. The Balaban J connectivity index is 1.82. The predicted octanol–water partition coefficient (Wildman–Crippen LogP) is 0.423. The maximum Gasteiger partial charge on any atom is 0.203 e. The lowest BCUT2D eigenvalue weighted by Gasteiger charge is -2.10. The summed E-state index contributed by atoms with van der Waals surface area (Å²) in [5.41, 5.74) is 0.744. The van der Waals surface area contributed by atoms with Crippen molar-refractivity contribution < 1.29 is 4.74 Å². The first-order valence-corrected chi connectivity index (χ1v) is 6.31. The SMILES string of the molecule is Cc1nnc2c(NCCOCCN(C)C)nccn12. The third-order valence-corrected chi connectivity index (χ3v) is 2.72. The van der Waals surface area contributed by atoms with Gasteiger partial charge in [-0.1, -0.05) is 0 Å². The van der Waals surface area contributed by atoms with Crippen LogP contribution in [0, 0.1) is 6.92 Å². The highest BCUT2D eigenvalue weighted by atomic mass is 16.5. The van der Waals surface area contributed by atoms with Crippen LogP contribution in [0.15, 0.2) is 12.4 Å². The van der Waals surface area contributed by atoms with Crippen LogP contribution in [0.4, 0.5) is 5.82 Å².